The predicted octanol–water partition coefficient (Wildman–Crippen LogP) is 3.43. The van der Waals surface area contributed by atoms with Crippen molar-refractivity contribution in [2.75, 3.05) is 0 Å². The van der Waals surface area contributed by atoms with Crippen LogP contribution in [-0.4, -0.2) is 24.6 Å². The van der Waals surface area contributed by atoms with E-state index in [4.69, 9.17) is 20.8 Å². The van der Waals surface area contributed by atoms with Gasteiger partial charge in [0.2, 0.25) is 15.9 Å². The molecule has 0 spiro atoms. The normalized spacial score (nSPS) is 12.5. The molecule has 0 amide bonds. The molecule has 1 unspecified atom stereocenters. The number of sulfonamides is 1. The second-order valence-corrected chi connectivity index (χ2v) is 8.30. The Labute approximate surface area is 172 Å². The molecule has 1 atom stereocenters. The highest BCUT2D eigenvalue weighted by molar-refractivity contribution is 7.89. The average Bonchev–Trinajstić information content (AvgIpc) is 3.14. The smallest absolute Gasteiger partial charge is 0.338 e. The molecule has 10 heteroatoms. The number of esters is 1. The van der Waals surface area contributed by atoms with Gasteiger partial charge in [-0.05, 0) is 30.7 Å². The molecule has 3 aromatic rings. The first-order valence-electron chi connectivity index (χ1n) is 8.60. The first kappa shape index (κ1) is 21.0. The number of hydrogen-bond acceptors (Lipinski definition) is 7. The molecule has 0 aliphatic heterocycles. The van der Waals surface area contributed by atoms with E-state index in [-0.39, 0.29) is 27.9 Å². The van der Waals surface area contributed by atoms with Gasteiger partial charge < -0.3 is 9.15 Å². The van der Waals surface area contributed by atoms with Crippen molar-refractivity contribution in [1.29, 1.82) is 0 Å². The number of carbonyl (C=O) groups is 1. The predicted molar refractivity (Wildman–Crippen MR) is 105 cm³/mol. The van der Waals surface area contributed by atoms with Gasteiger partial charge in [0.25, 0.3) is 5.89 Å². The van der Waals surface area contributed by atoms with E-state index in [2.05, 4.69) is 14.9 Å². The van der Waals surface area contributed by atoms with E-state index in [9.17, 15) is 13.2 Å². The van der Waals surface area contributed by atoms with Gasteiger partial charge in [-0.2, -0.15) is 0 Å². The maximum atomic E-state index is 12.7. The first-order valence-corrected chi connectivity index (χ1v) is 10.5. The van der Waals surface area contributed by atoms with Gasteiger partial charge in [-0.1, -0.05) is 41.9 Å². The van der Waals surface area contributed by atoms with Gasteiger partial charge in [0.15, 0.2) is 6.10 Å². The standard InChI is InChI=1S/C19H18ClN3O5S/c1-12(18-23-22-13(2)28-18)27-19(24)15-8-9-16(20)17(10-15)29(25,26)21-11-14-6-4-3-5-7-14/h3-10,12,21H,11H2,1-2H3. The molecule has 152 valence electrons. The van der Waals surface area contributed by atoms with E-state index in [0.717, 1.165) is 5.56 Å². The third-order valence-electron chi connectivity index (χ3n) is 3.94. The monoisotopic (exact) mass is 435 g/mol. The Hall–Kier alpha value is -2.75. The number of aromatic nitrogens is 2. The third kappa shape index (κ3) is 5.20. The molecule has 0 aliphatic carbocycles. The van der Waals surface area contributed by atoms with Crippen molar-refractivity contribution in [3.8, 4) is 0 Å². The lowest BCUT2D eigenvalue weighted by Crippen LogP contribution is -2.24. The first-order chi connectivity index (χ1) is 13.8. The molecule has 29 heavy (non-hydrogen) atoms. The molecule has 2 aromatic carbocycles. The molecule has 0 radical (unpaired) electrons. The lowest BCUT2D eigenvalue weighted by molar-refractivity contribution is 0.0276. The summed E-state index contributed by atoms with van der Waals surface area (Å²) in [5, 5.41) is 7.46. The molecular formula is C19H18ClN3O5S. The quantitative estimate of drug-likeness (QED) is 0.566. The molecule has 1 N–H and O–H groups in total. The van der Waals surface area contributed by atoms with Crippen LogP contribution in [0.5, 0.6) is 0 Å². The fourth-order valence-electron chi connectivity index (χ4n) is 2.44. The van der Waals surface area contributed by atoms with Gasteiger partial charge in [0.1, 0.15) is 4.90 Å². The summed E-state index contributed by atoms with van der Waals surface area (Å²) in [7, 11) is -3.95. The Kier molecular flexibility index (Phi) is 6.31. The van der Waals surface area contributed by atoms with E-state index in [0.29, 0.717) is 5.89 Å². The van der Waals surface area contributed by atoms with Crippen LogP contribution in [0.15, 0.2) is 57.8 Å². The van der Waals surface area contributed by atoms with Crippen molar-refractivity contribution in [1.82, 2.24) is 14.9 Å². The summed E-state index contributed by atoms with van der Waals surface area (Å²) in [5.41, 5.74) is 0.809. The molecule has 0 bridgehead atoms. The van der Waals surface area contributed by atoms with Crippen LogP contribution in [0.25, 0.3) is 0 Å². The van der Waals surface area contributed by atoms with Crippen LogP contribution in [0, 0.1) is 6.92 Å². The van der Waals surface area contributed by atoms with Gasteiger partial charge in [-0.25, -0.2) is 17.9 Å². The molecule has 1 heterocycles. The number of ether oxygens (including phenoxy) is 1. The number of halogens is 1. The summed E-state index contributed by atoms with van der Waals surface area (Å²) in [6, 6.07) is 12.9. The lowest BCUT2D eigenvalue weighted by Gasteiger charge is -2.12. The number of carbonyl (C=O) groups excluding carboxylic acids is 1. The van der Waals surface area contributed by atoms with E-state index in [1.54, 1.807) is 38.1 Å². The average molecular weight is 436 g/mol. The van der Waals surface area contributed by atoms with Gasteiger partial charge in [-0.3, -0.25) is 0 Å². The van der Waals surface area contributed by atoms with E-state index < -0.39 is 22.1 Å². The largest absolute Gasteiger partial charge is 0.449 e. The molecule has 0 aliphatic rings. The highest BCUT2D eigenvalue weighted by Gasteiger charge is 2.23. The SMILES string of the molecule is Cc1nnc(C(C)OC(=O)c2ccc(Cl)c(S(=O)(=O)NCc3ccccc3)c2)o1. The molecule has 3 rings (SSSR count). The van der Waals surface area contributed by atoms with Gasteiger partial charge in [0.05, 0.1) is 10.6 Å². The Morgan fingerprint density at radius 1 is 1.21 bits per heavy atom. The lowest BCUT2D eigenvalue weighted by atomic mass is 10.2. The van der Waals surface area contributed by atoms with Crippen molar-refractivity contribution in [3.05, 3.63) is 76.5 Å². The second-order valence-electron chi connectivity index (χ2n) is 6.16. The summed E-state index contributed by atoms with van der Waals surface area (Å²) in [5.74, 6) is -0.265. The number of nitrogens with one attached hydrogen (secondary N) is 1. The Morgan fingerprint density at radius 2 is 1.93 bits per heavy atom. The highest BCUT2D eigenvalue weighted by Crippen LogP contribution is 2.25. The minimum atomic E-state index is -3.95. The molecule has 0 saturated carbocycles. The van der Waals surface area contributed by atoms with Crippen LogP contribution >= 0.6 is 11.6 Å². The van der Waals surface area contributed by atoms with Crippen molar-refractivity contribution < 1.29 is 22.4 Å². The maximum Gasteiger partial charge on any atom is 0.338 e. The van der Waals surface area contributed by atoms with E-state index >= 15 is 0 Å². The van der Waals surface area contributed by atoms with Crippen molar-refractivity contribution >= 4 is 27.6 Å². The van der Waals surface area contributed by atoms with Crippen LogP contribution in [-0.2, 0) is 21.3 Å². The summed E-state index contributed by atoms with van der Waals surface area (Å²) in [6.45, 7) is 3.27. The number of benzene rings is 2. The second kappa shape index (κ2) is 8.73. The fraction of sp³-hybridized carbons (Fsp3) is 0.211. The minimum absolute atomic E-state index is 0.0114. The number of rotatable bonds is 7. The van der Waals surface area contributed by atoms with Crippen molar-refractivity contribution in [2.45, 2.75) is 31.4 Å². The molecular weight excluding hydrogens is 418 g/mol. The highest BCUT2D eigenvalue weighted by atomic mass is 35.5. The summed E-state index contributed by atoms with van der Waals surface area (Å²) < 4.78 is 38.3. The van der Waals surface area contributed by atoms with E-state index in [1.165, 1.54) is 18.2 Å². The van der Waals surface area contributed by atoms with Crippen LogP contribution in [0.2, 0.25) is 5.02 Å². The zero-order chi connectivity index (χ0) is 21.0. The molecule has 0 saturated heterocycles. The summed E-state index contributed by atoms with van der Waals surface area (Å²) in [6.07, 6.45) is -0.796. The van der Waals surface area contributed by atoms with Crippen LogP contribution < -0.4 is 4.72 Å². The zero-order valence-corrected chi connectivity index (χ0v) is 17.2. The molecule has 8 nitrogen and oxygen atoms in total. The van der Waals surface area contributed by atoms with Gasteiger partial charge in [0, 0.05) is 13.5 Å². The van der Waals surface area contributed by atoms with Crippen molar-refractivity contribution in [2.24, 2.45) is 0 Å². The van der Waals surface area contributed by atoms with Crippen LogP contribution in [0.3, 0.4) is 0 Å². The minimum Gasteiger partial charge on any atom is -0.449 e. The topological polar surface area (TPSA) is 111 Å². The third-order valence-corrected chi connectivity index (χ3v) is 5.82. The number of aryl methyl sites for hydroxylation is 1. The fourth-order valence-corrected chi connectivity index (χ4v) is 3.98. The van der Waals surface area contributed by atoms with E-state index in [1.807, 2.05) is 6.07 Å². The Balaban J connectivity index is 1.77. The van der Waals surface area contributed by atoms with Crippen LogP contribution in [0.1, 0.15) is 40.7 Å². The Morgan fingerprint density at radius 3 is 2.59 bits per heavy atom. The summed E-state index contributed by atoms with van der Waals surface area (Å²) >= 11 is 6.07. The molecule has 1 aromatic heterocycles. The van der Waals surface area contributed by atoms with Gasteiger partial charge in [-0.15, -0.1) is 10.2 Å². The zero-order valence-electron chi connectivity index (χ0n) is 15.6. The maximum absolute atomic E-state index is 12.7. The Bertz CT molecular complexity index is 1120. The summed E-state index contributed by atoms with van der Waals surface area (Å²) in [4.78, 5) is 12.2. The number of nitrogens with zero attached hydrogens (tertiary/aromatic N) is 2. The van der Waals surface area contributed by atoms with Crippen LogP contribution in [0.4, 0.5) is 0 Å². The molecule has 0 fully saturated rings. The van der Waals surface area contributed by atoms with Crippen molar-refractivity contribution in [3.63, 3.8) is 0 Å². The van der Waals surface area contributed by atoms with Gasteiger partial charge >= 0.3 is 5.97 Å². The number of hydrogen-bond donors (Lipinski definition) is 1.